The van der Waals surface area contributed by atoms with E-state index in [9.17, 15) is 13.2 Å². The van der Waals surface area contributed by atoms with Crippen molar-refractivity contribution in [2.75, 3.05) is 13.6 Å². The molecule has 0 radical (unpaired) electrons. The van der Waals surface area contributed by atoms with Crippen molar-refractivity contribution < 1.29 is 13.2 Å². The van der Waals surface area contributed by atoms with Crippen LogP contribution in [0.5, 0.6) is 0 Å². The Balaban J connectivity index is 0.00000324. The first-order chi connectivity index (χ1) is 8.40. The van der Waals surface area contributed by atoms with Crippen LogP contribution in [0.15, 0.2) is 4.99 Å². The molecule has 114 valence electrons. The number of guanidine groups is 1. The molecule has 0 saturated heterocycles. The Kier molecular flexibility index (Phi) is 8.76. The van der Waals surface area contributed by atoms with Gasteiger partial charge in [-0.15, -0.1) is 24.0 Å². The number of hydrogen-bond acceptors (Lipinski definition) is 1. The number of rotatable bonds is 3. The zero-order chi connectivity index (χ0) is 13.6. The Labute approximate surface area is 129 Å². The first-order valence-electron chi connectivity index (χ1n) is 6.44. The maximum atomic E-state index is 12.0. The summed E-state index contributed by atoms with van der Waals surface area (Å²) in [7, 11) is 1.58. The van der Waals surface area contributed by atoms with Gasteiger partial charge in [0.2, 0.25) is 0 Å². The van der Waals surface area contributed by atoms with Crippen molar-refractivity contribution in [3.05, 3.63) is 0 Å². The summed E-state index contributed by atoms with van der Waals surface area (Å²) in [5.41, 5.74) is 0. The SMILES string of the molecule is CN=C(NCCC(F)(F)F)NC1CCC(C)CC1.I. The molecule has 0 aromatic carbocycles. The number of nitrogens with one attached hydrogen (secondary N) is 2. The lowest BCUT2D eigenvalue weighted by Gasteiger charge is -2.28. The largest absolute Gasteiger partial charge is 0.390 e. The fourth-order valence-corrected chi connectivity index (χ4v) is 2.12. The average Bonchev–Trinajstić information content (AvgIpc) is 2.29. The molecule has 0 heterocycles. The summed E-state index contributed by atoms with van der Waals surface area (Å²) < 4.78 is 36.0. The summed E-state index contributed by atoms with van der Waals surface area (Å²) in [5.74, 6) is 1.22. The predicted molar refractivity (Wildman–Crippen MR) is 82.0 cm³/mol. The molecule has 3 nitrogen and oxygen atoms in total. The van der Waals surface area contributed by atoms with Gasteiger partial charge in [0.05, 0.1) is 6.42 Å². The van der Waals surface area contributed by atoms with Crippen molar-refractivity contribution in [1.29, 1.82) is 0 Å². The van der Waals surface area contributed by atoms with Crippen LogP contribution in [-0.4, -0.2) is 31.8 Å². The van der Waals surface area contributed by atoms with E-state index in [1.807, 2.05) is 0 Å². The standard InChI is InChI=1S/C12H22F3N3.HI/c1-9-3-5-10(6-4-9)18-11(16-2)17-8-7-12(13,14)15;/h9-10H,3-8H2,1-2H3,(H2,16,17,18);1H. The zero-order valence-electron chi connectivity index (χ0n) is 11.4. The van der Waals surface area contributed by atoms with E-state index < -0.39 is 12.6 Å². The highest BCUT2D eigenvalue weighted by atomic mass is 127. The van der Waals surface area contributed by atoms with Gasteiger partial charge in [0, 0.05) is 19.6 Å². The van der Waals surface area contributed by atoms with Crippen molar-refractivity contribution in [2.24, 2.45) is 10.9 Å². The molecule has 0 unspecified atom stereocenters. The van der Waals surface area contributed by atoms with Gasteiger partial charge < -0.3 is 10.6 Å². The molecule has 0 aromatic rings. The van der Waals surface area contributed by atoms with Gasteiger partial charge in [-0.3, -0.25) is 4.99 Å². The molecule has 0 aromatic heterocycles. The third-order valence-corrected chi connectivity index (χ3v) is 3.28. The molecule has 1 rings (SSSR count). The Hall–Kier alpha value is -0.210. The van der Waals surface area contributed by atoms with Crippen molar-refractivity contribution >= 4 is 29.9 Å². The molecular formula is C12H23F3IN3. The second-order valence-corrected chi connectivity index (χ2v) is 4.97. The minimum atomic E-state index is -4.12. The van der Waals surface area contributed by atoms with Crippen LogP contribution in [-0.2, 0) is 0 Å². The van der Waals surface area contributed by atoms with E-state index in [-0.39, 0.29) is 30.5 Å². The topological polar surface area (TPSA) is 36.4 Å². The monoisotopic (exact) mass is 393 g/mol. The summed E-state index contributed by atoms with van der Waals surface area (Å²) in [6, 6.07) is 0.332. The quantitative estimate of drug-likeness (QED) is 0.439. The van der Waals surface area contributed by atoms with Gasteiger partial charge >= 0.3 is 6.18 Å². The first-order valence-corrected chi connectivity index (χ1v) is 6.44. The highest BCUT2D eigenvalue weighted by Gasteiger charge is 2.26. The molecule has 1 aliphatic rings. The highest BCUT2D eigenvalue weighted by molar-refractivity contribution is 14.0. The second kappa shape index (κ2) is 8.86. The number of alkyl halides is 3. The predicted octanol–water partition coefficient (Wildman–Crippen LogP) is 3.30. The molecule has 0 spiro atoms. The fraction of sp³-hybridized carbons (Fsp3) is 0.917. The van der Waals surface area contributed by atoms with Crippen LogP contribution in [0, 0.1) is 5.92 Å². The van der Waals surface area contributed by atoms with Crippen LogP contribution < -0.4 is 10.6 Å². The molecule has 0 atom stereocenters. The summed E-state index contributed by atoms with van der Waals surface area (Å²) in [6.07, 6.45) is -0.516. The number of nitrogens with zero attached hydrogens (tertiary/aromatic N) is 1. The third kappa shape index (κ3) is 8.54. The van der Waals surface area contributed by atoms with Crippen LogP contribution >= 0.6 is 24.0 Å². The minimum Gasteiger partial charge on any atom is -0.356 e. The van der Waals surface area contributed by atoms with E-state index >= 15 is 0 Å². The Morgan fingerprint density at radius 2 is 1.79 bits per heavy atom. The minimum absolute atomic E-state index is 0. The molecule has 0 aliphatic heterocycles. The third-order valence-electron chi connectivity index (χ3n) is 3.28. The molecule has 2 N–H and O–H groups in total. The zero-order valence-corrected chi connectivity index (χ0v) is 13.7. The molecule has 0 bridgehead atoms. The van der Waals surface area contributed by atoms with Gasteiger partial charge in [-0.2, -0.15) is 13.2 Å². The smallest absolute Gasteiger partial charge is 0.356 e. The summed E-state index contributed by atoms with van der Waals surface area (Å²) >= 11 is 0. The van der Waals surface area contributed by atoms with Gasteiger partial charge in [0.1, 0.15) is 0 Å². The van der Waals surface area contributed by atoms with Gasteiger partial charge in [-0.05, 0) is 31.6 Å². The van der Waals surface area contributed by atoms with Crippen LogP contribution in [0.4, 0.5) is 13.2 Å². The van der Waals surface area contributed by atoms with Crippen molar-refractivity contribution in [1.82, 2.24) is 10.6 Å². The lowest BCUT2D eigenvalue weighted by atomic mass is 9.87. The second-order valence-electron chi connectivity index (χ2n) is 4.97. The van der Waals surface area contributed by atoms with E-state index in [2.05, 4.69) is 22.5 Å². The van der Waals surface area contributed by atoms with E-state index in [4.69, 9.17) is 0 Å². The van der Waals surface area contributed by atoms with Crippen molar-refractivity contribution in [3.8, 4) is 0 Å². The number of hydrogen-bond donors (Lipinski definition) is 2. The van der Waals surface area contributed by atoms with Crippen LogP contribution in [0.2, 0.25) is 0 Å². The fourth-order valence-electron chi connectivity index (χ4n) is 2.12. The summed E-state index contributed by atoms with van der Waals surface area (Å²) in [4.78, 5) is 3.95. The first kappa shape index (κ1) is 18.8. The maximum Gasteiger partial charge on any atom is 0.390 e. The molecule has 0 amide bonds. The highest BCUT2D eigenvalue weighted by Crippen LogP contribution is 2.23. The number of halogens is 4. The van der Waals surface area contributed by atoms with Crippen LogP contribution in [0.25, 0.3) is 0 Å². The average molecular weight is 393 g/mol. The van der Waals surface area contributed by atoms with Gasteiger partial charge in [0.25, 0.3) is 0 Å². The lowest BCUT2D eigenvalue weighted by Crippen LogP contribution is -2.45. The summed E-state index contributed by atoms with van der Waals surface area (Å²) in [5, 5.41) is 5.89. The Morgan fingerprint density at radius 3 is 2.26 bits per heavy atom. The van der Waals surface area contributed by atoms with Gasteiger partial charge in [-0.25, -0.2) is 0 Å². The van der Waals surface area contributed by atoms with Gasteiger partial charge in [-0.1, -0.05) is 6.92 Å². The Bertz CT molecular complexity index is 274. The Morgan fingerprint density at radius 1 is 1.21 bits per heavy atom. The van der Waals surface area contributed by atoms with E-state index in [1.54, 1.807) is 7.05 Å². The molecule has 1 fully saturated rings. The lowest BCUT2D eigenvalue weighted by molar-refractivity contribution is -0.132. The van der Waals surface area contributed by atoms with Crippen molar-refractivity contribution in [3.63, 3.8) is 0 Å². The molecular weight excluding hydrogens is 370 g/mol. The van der Waals surface area contributed by atoms with E-state index in [1.165, 1.54) is 0 Å². The van der Waals surface area contributed by atoms with E-state index in [0.29, 0.717) is 12.0 Å². The van der Waals surface area contributed by atoms with Gasteiger partial charge in [0.15, 0.2) is 5.96 Å². The van der Waals surface area contributed by atoms with E-state index in [0.717, 1.165) is 31.6 Å². The molecule has 19 heavy (non-hydrogen) atoms. The molecule has 1 saturated carbocycles. The van der Waals surface area contributed by atoms with Crippen LogP contribution in [0.1, 0.15) is 39.0 Å². The maximum absolute atomic E-state index is 12.0. The van der Waals surface area contributed by atoms with Crippen molar-refractivity contribution in [2.45, 2.75) is 51.2 Å². The normalized spacial score (nSPS) is 24.6. The van der Waals surface area contributed by atoms with Crippen LogP contribution in [0.3, 0.4) is 0 Å². The molecule has 7 heteroatoms. The molecule has 1 aliphatic carbocycles. The number of aliphatic imine (C=N–C) groups is 1. The summed E-state index contributed by atoms with van der Waals surface area (Å²) in [6.45, 7) is 2.10.